The van der Waals surface area contributed by atoms with Gasteiger partial charge < -0.3 is 20.0 Å². The number of likely N-dealkylation sites (tertiary alicyclic amines) is 1. The van der Waals surface area contributed by atoms with Crippen molar-refractivity contribution in [3.05, 3.63) is 36.2 Å². The van der Waals surface area contributed by atoms with Gasteiger partial charge in [-0.25, -0.2) is 9.37 Å². The van der Waals surface area contributed by atoms with Crippen LogP contribution in [-0.4, -0.2) is 69.2 Å². The molecule has 2 atom stereocenters. The van der Waals surface area contributed by atoms with E-state index in [2.05, 4.69) is 25.8 Å². The normalized spacial score (nSPS) is 19.2. The largest absolute Gasteiger partial charge is 0.418 e. The van der Waals surface area contributed by atoms with Gasteiger partial charge in [0.1, 0.15) is 18.0 Å². The molecule has 32 heavy (non-hydrogen) atoms. The Morgan fingerprint density at radius 1 is 1.22 bits per heavy atom. The molecule has 1 fully saturated rings. The van der Waals surface area contributed by atoms with Crippen LogP contribution in [0.1, 0.15) is 57.6 Å². The molecule has 2 aromatic rings. The van der Waals surface area contributed by atoms with Crippen molar-refractivity contribution in [2.24, 2.45) is 0 Å². The summed E-state index contributed by atoms with van der Waals surface area (Å²) in [4.78, 5) is 31.3. The molecule has 1 aliphatic heterocycles. The van der Waals surface area contributed by atoms with Crippen LogP contribution in [0.3, 0.4) is 0 Å². The van der Waals surface area contributed by atoms with E-state index in [4.69, 9.17) is 4.42 Å². The summed E-state index contributed by atoms with van der Waals surface area (Å²) in [6.45, 7) is 9.87. The number of hydrogen-bond donors (Lipinski definition) is 2. The third kappa shape index (κ3) is 5.87. The number of Topliss-reactive ketones (excluding diaryl/α,β-unsaturated/α-hetero) is 1. The zero-order valence-electron chi connectivity index (χ0n) is 19.2. The van der Waals surface area contributed by atoms with Crippen molar-refractivity contribution in [3.8, 4) is 0 Å². The van der Waals surface area contributed by atoms with E-state index in [0.29, 0.717) is 12.4 Å². The van der Waals surface area contributed by atoms with E-state index in [0.717, 1.165) is 5.82 Å². The van der Waals surface area contributed by atoms with Crippen molar-refractivity contribution in [1.82, 2.24) is 25.4 Å². The van der Waals surface area contributed by atoms with Gasteiger partial charge in [-0.05, 0) is 26.0 Å². The smallest absolute Gasteiger partial charge is 0.286 e. The standard InChI is InChI=1S/C22H31FN6O3/c1-21(2,3)20-28-27-19(32-20)18(31)15-10-14(23)12-29(15)17(30)11-26-22(4,5)13-25-16-8-6-7-9-24-16/h6-9,14-15,26H,10-13H2,1-5H3,(H,24,25)/t14-,15?/m0/s1. The summed E-state index contributed by atoms with van der Waals surface area (Å²) < 4.78 is 19.7. The number of pyridine rings is 1. The Hall–Kier alpha value is -2.88. The van der Waals surface area contributed by atoms with Gasteiger partial charge in [-0.1, -0.05) is 26.8 Å². The number of carbonyl (C=O) groups is 2. The fourth-order valence-electron chi connectivity index (χ4n) is 3.34. The molecule has 0 spiro atoms. The third-order valence-corrected chi connectivity index (χ3v) is 5.24. The Balaban J connectivity index is 1.60. The highest BCUT2D eigenvalue weighted by molar-refractivity contribution is 5.99. The van der Waals surface area contributed by atoms with Gasteiger partial charge in [-0.3, -0.25) is 9.59 Å². The maximum Gasteiger partial charge on any atom is 0.286 e. The van der Waals surface area contributed by atoms with Gasteiger partial charge in [-0.2, -0.15) is 0 Å². The van der Waals surface area contributed by atoms with Gasteiger partial charge in [-0.15, -0.1) is 10.2 Å². The molecular weight excluding hydrogens is 415 g/mol. The number of carbonyl (C=O) groups excluding carboxylic acids is 2. The average molecular weight is 447 g/mol. The molecule has 0 saturated carbocycles. The van der Waals surface area contributed by atoms with E-state index in [-0.39, 0.29) is 31.3 Å². The number of aromatic nitrogens is 3. The molecule has 1 amide bonds. The van der Waals surface area contributed by atoms with E-state index in [1.807, 2.05) is 52.8 Å². The van der Waals surface area contributed by atoms with E-state index in [1.54, 1.807) is 6.20 Å². The third-order valence-electron chi connectivity index (χ3n) is 5.24. The fourth-order valence-corrected chi connectivity index (χ4v) is 3.34. The Kier molecular flexibility index (Phi) is 6.92. The molecular formula is C22H31FN6O3. The topological polar surface area (TPSA) is 113 Å². The second kappa shape index (κ2) is 9.32. The van der Waals surface area contributed by atoms with E-state index in [1.165, 1.54) is 4.90 Å². The lowest BCUT2D eigenvalue weighted by Gasteiger charge is -2.29. The van der Waals surface area contributed by atoms with Crippen LogP contribution in [-0.2, 0) is 10.2 Å². The first kappa shape index (κ1) is 23.8. The number of anilines is 1. The molecule has 1 saturated heterocycles. The number of hydrogen-bond acceptors (Lipinski definition) is 8. The van der Waals surface area contributed by atoms with Crippen molar-refractivity contribution < 1.29 is 18.4 Å². The number of alkyl halides is 1. The first-order valence-corrected chi connectivity index (χ1v) is 10.7. The lowest BCUT2D eigenvalue weighted by molar-refractivity contribution is -0.130. The SMILES string of the molecule is CC(C)(CNc1ccccn1)NCC(=O)N1C[C@@H](F)CC1C(=O)c1nnc(C(C)(C)C)o1. The minimum Gasteiger partial charge on any atom is -0.418 e. The van der Waals surface area contributed by atoms with Crippen LogP contribution in [0.5, 0.6) is 0 Å². The van der Waals surface area contributed by atoms with Gasteiger partial charge in [0.15, 0.2) is 0 Å². The molecule has 174 valence electrons. The maximum absolute atomic E-state index is 14.2. The van der Waals surface area contributed by atoms with Crippen molar-refractivity contribution in [1.29, 1.82) is 0 Å². The van der Waals surface area contributed by atoms with Gasteiger partial charge in [0.05, 0.1) is 13.1 Å². The highest BCUT2D eigenvalue weighted by atomic mass is 19.1. The van der Waals surface area contributed by atoms with Gasteiger partial charge in [0.25, 0.3) is 5.89 Å². The quantitative estimate of drug-likeness (QED) is 0.594. The monoisotopic (exact) mass is 446 g/mol. The predicted molar refractivity (Wildman–Crippen MR) is 117 cm³/mol. The molecule has 2 N–H and O–H groups in total. The highest BCUT2D eigenvalue weighted by Crippen LogP contribution is 2.26. The minimum atomic E-state index is -1.28. The predicted octanol–water partition coefficient (Wildman–Crippen LogP) is 2.36. The van der Waals surface area contributed by atoms with Gasteiger partial charge >= 0.3 is 0 Å². The summed E-state index contributed by atoms with van der Waals surface area (Å²) in [5.74, 6) is -0.0343. The van der Waals surface area contributed by atoms with Gasteiger partial charge in [0, 0.05) is 30.1 Å². The molecule has 0 bridgehead atoms. The summed E-state index contributed by atoms with van der Waals surface area (Å²) in [5.41, 5.74) is -0.867. The zero-order valence-corrected chi connectivity index (χ0v) is 19.2. The van der Waals surface area contributed by atoms with Crippen LogP contribution >= 0.6 is 0 Å². The van der Waals surface area contributed by atoms with E-state index in [9.17, 15) is 14.0 Å². The number of halogens is 1. The fraction of sp³-hybridized carbons (Fsp3) is 0.591. The molecule has 3 rings (SSSR count). The first-order chi connectivity index (χ1) is 15.0. The zero-order chi connectivity index (χ0) is 23.5. The van der Waals surface area contributed by atoms with Crippen LogP contribution in [0.2, 0.25) is 0 Å². The average Bonchev–Trinajstić information content (AvgIpc) is 3.38. The van der Waals surface area contributed by atoms with Crippen LogP contribution in [0, 0.1) is 0 Å². The lowest BCUT2D eigenvalue weighted by Crippen LogP contribution is -2.51. The Bertz CT molecular complexity index is 941. The second-order valence-electron chi connectivity index (χ2n) is 9.73. The Labute approximate surface area is 187 Å². The number of ketones is 1. The van der Waals surface area contributed by atoms with Crippen LogP contribution in [0.4, 0.5) is 10.2 Å². The van der Waals surface area contributed by atoms with Crippen molar-refractivity contribution in [2.75, 3.05) is 25.0 Å². The number of nitrogens with one attached hydrogen (secondary N) is 2. The number of rotatable bonds is 8. The van der Waals surface area contributed by atoms with Crippen LogP contribution < -0.4 is 10.6 Å². The molecule has 10 heteroatoms. The molecule has 9 nitrogen and oxygen atoms in total. The van der Waals surface area contributed by atoms with E-state index >= 15 is 0 Å². The molecule has 0 aliphatic carbocycles. The second-order valence-corrected chi connectivity index (χ2v) is 9.73. The lowest BCUT2D eigenvalue weighted by atomic mass is 9.97. The minimum absolute atomic E-state index is 0.0372. The van der Waals surface area contributed by atoms with Crippen molar-refractivity contribution >= 4 is 17.5 Å². The molecule has 1 unspecified atom stereocenters. The maximum atomic E-state index is 14.2. The molecule has 3 heterocycles. The summed E-state index contributed by atoms with van der Waals surface area (Å²) >= 11 is 0. The van der Waals surface area contributed by atoms with E-state index < -0.39 is 29.0 Å². The number of nitrogens with zero attached hydrogens (tertiary/aromatic N) is 4. The molecule has 2 aromatic heterocycles. The molecule has 0 radical (unpaired) electrons. The van der Waals surface area contributed by atoms with Crippen molar-refractivity contribution in [3.63, 3.8) is 0 Å². The molecule has 0 aromatic carbocycles. The summed E-state index contributed by atoms with van der Waals surface area (Å²) in [6, 6.07) is 4.61. The first-order valence-electron chi connectivity index (χ1n) is 10.7. The Morgan fingerprint density at radius 2 is 1.97 bits per heavy atom. The van der Waals surface area contributed by atoms with Crippen LogP contribution in [0.15, 0.2) is 28.8 Å². The summed E-state index contributed by atoms with van der Waals surface area (Å²) in [7, 11) is 0. The molecule has 1 aliphatic rings. The summed E-state index contributed by atoms with van der Waals surface area (Å²) in [6.07, 6.45) is 0.331. The number of amides is 1. The van der Waals surface area contributed by atoms with Crippen molar-refractivity contribution in [2.45, 2.75) is 64.2 Å². The van der Waals surface area contributed by atoms with Gasteiger partial charge in [0.2, 0.25) is 17.6 Å². The van der Waals surface area contributed by atoms with Crippen LogP contribution in [0.25, 0.3) is 0 Å². The Morgan fingerprint density at radius 3 is 2.59 bits per heavy atom. The summed E-state index contributed by atoms with van der Waals surface area (Å²) in [5, 5.41) is 14.1. The highest BCUT2D eigenvalue weighted by Gasteiger charge is 2.42.